The summed E-state index contributed by atoms with van der Waals surface area (Å²) in [6.07, 6.45) is -2.96. The minimum absolute atomic E-state index is 0.0376. The third-order valence-corrected chi connectivity index (χ3v) is 3.36. The molecule has 1 atom stereocenters. The van der Waals surface area contributed by atoms with Gasteiger partial charge in [0.2, 0.25) is 0 Å². The molecule has 1 aromatic rings. The summed E-state index contributed by atoms with van der Waals surface area (Å²) in [5, 5.41) is 2.87. The van der Waals surface area contributed by atoms with E-state index in [1.165, 1.54) is 6.07 Å². The van der Waals surface area contributed by atoms with Crippen molar-refractivity contribution in [2.75, 3.05) is 11.9 Å². The Bertz CT molecular complexity index is 485. The molecule has 2 rings (SSSR count). The van der Waals surface area contributed by atoms with E-state index in [4.69, 9.17) is 4.74 Å². The first-order valence-corrected chi connectivity index (χ1v) is 6.46. The lowest BCUT2D eigenvalue weighted by molar-refractivity contribution is -0.139. The van der Waals surface area contributed by atoms with Crippen LogP contribution in [0.3, 0.4) is 0 Å². The van der Waals surface area contributed by atoms with Crippen LogP contribution in [-0.2, 0) is 10.9 Å². The van der Waals surface area contributed by atoms with E-state index >= 15 is 0 Å². The van der Waals surface area contributed by atoms with Gasteiger partial charge in [-0.2, -0.15) is 13.2 Å². The zero-order chi connectivity index (χ0) is 15.0. The van der Waals surface area contributed by atoms with Gasteiger partial charge >= 0.3 is 6.18 Å². The monoisotopic (exact) mass is 291 g/mol. The van der Waals surface area contributed by atoms with Crippen molar-refractivity contribution in [1.29, 1.82) is 0 Å². The fourth-order valence-electron chi connectivity index (χ4n) is 2.31. The van der Waals surface area contributed by atoms with Crippen molar-refractivity contribution in [3.63, 3.8) is 0 Å². The average molecular weight is 291 g/mol. The second-order valence-electron chi connectivity index (χ2n) is 5.61. The number of nitrogens with one attached hydrogen (secondary N) is 1. The molecule has 1 heterocycles. The SMILES string of the molecule is CC1(C)CCC(CNc2ccc(F)c(C(F)(F)F)c2)O1. The van der Waals surface area contributed by atoms with Gasteiger partial charge in [-0.3, -0.25) is 0 Å². The lowest BCUT2D eigenvalue weighted by Gasteiger charge is -2.20. The summed E-state index contributed by atoms with van der Waals surface area (Å²) in [7, 11) is 0. The highest BCUT2D eigenvalue weighted by atomic mass is 19.4. The fraction of sp³-hybridized carbons (Fsp3) is 0.571. The number of hydrogen-bond donors (Lipinski definition) is 1. The molecule has 1 saturated heterocycles. The summed E-state index contributed by atoms with van der Waals surface area (Å²) in [6, 6.07) is 2.91. The van der Waals surface area contributed by atoms with E-state index in [1.807, 2.05) is 13.8 Å². The predicted octanol–water partition coefficient (Wildman–Crippen LogP) is 4.21. The molecular weight excluding hydrogens is 274 g/mol. The Kier molecular flexibility index (Phi) is 3.95. The van der Waals surface area contributed by atoms with E-state index in [0.717, 1.165) is 25.0 Å². The molecule has 0 aliphatic carbocycles. The molecule has 112 valence electrons. The van der Waals surface area contributed by atoms with Crippen LogP contribution in [0.1, 0.15) is 32.3 Å². The number of halogens is 4. The zero-order valence-corrected chi connectivity index (χ0v) is 11.4. The van der Waals surface area contributed by atoms with Crippen LogP contribution in [0.4, 0.5) is 23.2 Å². The number of hydrogen-bond acceptors (Lipinski definition) is 2. The molecule has 0 bridgehead atoms. The maximum absolute atomic E-state index is 13.1. The van der Waals surface area contributed by atoms with Gasteiger partial charge in [0.1, 0.15) is 5.82 Å². The first-order valence-electron chi connectivity index (χ1n) is 6.46. The molecule has 2 nitrogen and oxygen atoms in total. The molecule has 20 heavy (non-hydrogen) atoms. The number of ether oxygens (including phenoxy) is 1. The van der Waals surface area contributed by atoms with E-state index in [1.54, 1.807) is 0 Å². The molecule has 1 aliphatic heterocycles. The van der Waals surface area contributed by atoms with Gasteiger partial charge in [-0.15, -0.1) is 0 Å². The molecule has 1 aromatic carbocycles. The first-order chi connectivity index (χ1) is 9.17. The van der Waals surface area contributed by atoms with Gasteiger partial charge in [0.05, 0.1) is 17.3 Å². The Morgan fingerprint density at radius 1 is 1.35 bits per heavy atom. The van der Waals surface area contributed by atoms with E-state index < -0.39 is 17.6 Å². The van der Waals surface area contributed by atoms with Crippen molar-refractivity contribution < 1.29 is 22.3 Å². The highest BCUT2D eigenvalue weighted by molar-refractivity contribution is 5.47. The van der Waals surface area contributed by atoms with E-state index in [0.29, 0.717) is 6.54 Å². The van der Waals surface area contributed by atoms with Crippen molar-refractivity contribution >= 4 is 5.69 Å². The normalized spacial score (nSPS) is 22.0. The molecule has 6 heteroatoms. The van der Waals surface area contributed by atoms with Gasteiger partial charge in [-0.05, 0) is 44.9 Å². The number of alkyl halides is 3. The molecule has 0 amide bonds. The van der Waals surface area contributed by atoms with E-state index in [9.17, 15) is 17.6 Å². The standard InChI is InChI=1S/C14H17F4NO/c1-13(2)6-5-10(20-13)8-19-9-3-4-12(15)11(7-9)14(16,17)18/h3-4,7,10,19H,5-6,8H2,1-2H3. The Balaban J connectivity index is 2.01. The summed E-state index contributed by atoms with van der Waals surface area (Å²) in [4.78, 5) is 0. The van der Waals surface area contributed by atoms with Gasteiger partial charge in [0.25, 0.3) is 0 Å². The highest BCUT2D eigenvalue weighted by Crippen LogP contribution is 2.33. The van der Waals surface area contributed by atoms with Crippen LogP contribution >= 0.6 is 0 Å². The summed E-state index contributed by atoms with van der Waals surface area (Å²) in [5.74, 6) is -1.26. The van der Waals surface area contributed by atoms with Crippen LogP contribution in [0.25, 0.3) is 0 Å². The molecular formula is C14H17F4NO. The topological polar surface area (TPSA) is 21.3 Å². The van der Waals surface area contributed by atoms with Gasteiger partial charge < -0.3 is 10.1 Å². The van der Waals surface area contributed by atoms with Crippen molar-refractivity contribution in [3.05, 3.63) is 29.6 Å². The highest BCUT2D eigenvalue weighted by Gasteiger charge is 2.34. The lowest BCUT2D eigenvalue weighted by atomic mass is 10.1. The Hall–Kier alpha value is -1.30. The zero-order valence-electron chi connectivity index (χ0n) is 11.4. The van der Waals surface area contributed by atoms with E-state index in [2.05, 4.69) is 5.32 Å². The maximum atomic E-state index is 13.1. The second kappa shape index (κ2) is 5.24. The lowest BCUT2D eigenvalue weighted by Crippen LogP contribution is -2.25. The van der Waals surface area contributed by atoms with Crippen LogP contribution in [0.5, 0.6) is 0 Å². The summed E-state index contributed by atoms with van der Waals surface area (Å²) < 4.78 is 56.6. The summed E-state index contributed by atoms with van der Waals surface area (Å²) in [5.41, 5.74) is -1.20. The molecule has 0 spiro atoms. The van der Waals surface area contributed by atoms with Crippen molar-refractivity contribution in [3.8, 4) is 0 Å². The minimum atomic E-state index is -4.69. The Morgan fingerprint density at radius 3 is 2.60 bits per heavy atom. The third-order valence-electron chi connectivity index (χ3n) is 3.36. The fourth-order valence-corrected chi connectivity index (χ4v) is 2.31. The molecule has 1 aliphatic rings. The quantitative estimate of drug-likeness (QED) is 0.842. The second-order valence-corrected chi connectivity index (χ2v) is 5.61. The van der Waals surface area contributed by atoms with Crippen molar-refractivity contribution in [1.82, 2.24) is 0 Å². The largest absolute Gasteiger partial charge is 0.419 e. The van der Waals surface area contributed by atoms with Gasteiger partial charge in [0.15, 0.2) is 0 Å². The van der Waals surface area contributed by atoms with Gasteiger partial charge in [-0.1, -0.05) is 0 Å². The predicted molar refractivity (Wildman–Crippen MR) is 68.1 cm³/mol. The van der Waals surface area contributed by atoms with Crippen molar-refractivity contribution in [2.45, 2.75) is 44.6 Å². The molecule has 0 aromatic heterocycles. The summed E-state index contributed by atoms with van der Waals surface area (Å²) in [6.45, 7) is 4.37. The maximum Gasteiger partial charge on any atom is 0.419 e. The number of benzene rings is 1. The molecule has 0 radical (unpaired) electrons. The molecule has 0 saturated carbocycles. The van der Waals surface area contributed by atoms with E-state index in [-0.39, 0.29) is 17.4 Å². The van der Waals surface area contributed by atoms with Crippen LogP contribution in [0.2, 0.25) is 0 Å². The first kappa shape index (κ1) is 15.1. The number of anilines is 1. The number of rotatable bonds is 3. The van der Waals surface area contributed by atoms with Crippen LogP contribution in [-0.4, -0.2) is 18.2 Å². The van der Waals surface area contributed by atoms with Crippen LogP contribution in [0, 0.1) is 5.82 Å². The molecule has 1 unspecified atom stereocenters. The van der Waals surface area contributed by atoms with Crippen LogP contribution < -0.4 is 5.32 Å². The Morgan fingerprint density at radius 2 is 2.05 bits per heavy atom. The third kappa shape index (κ3) is 3.62. The smallest absolute Gasteiger partial charge is 0.382 e. The van der Waals surface area contributed by atoms with Gasteiger partial charge in [-0.25, -0.2) is 4.39 Å². The van der Waals surface area contributed by atoms with Gasteiger partial charge in [0, 0.05) is 12.2 Å². The minimum Gasteiger partial charge on any atom is -0.382 e. The average Bonchev–Trinajstić information content (AvgIpc) is 2.66. The van der Waals surface area contributed by atoms with Crippen LogP contribution in [0.15, 0.2) is 18.2 Å². The van der Waals surface area contributed by atoms with Crippen molar-refractivity contribution in [2.24, 2.45) is 0 Å². The molecule has 1 N–H and O–H groups in total. The molecule has 1 fully saturated rings. The summed E-state index contributed by atoms with van der Waals surface area (Å²) >= 11 is 0. The Labute approximate surface area is 115 Å².